The van der Waals surface area contributed by atoms with E-state index in [1.54, 1.807) is 19.2 Å². The molecule has 1 amide bonds. The molecule has 2 aromatic carbocycles. The summed E-state index contributed by atoms with van der Waals surface area (Å²) in [4.78, 5) is 15.5. The van der Waals surface area contributed by atoms with E-state index in [0.29, 0.717) is 34.2 Å². The lowest BCUT2D eigenvalue weighted by Crippen LogP contribution is -2.17. The molecule has 0 spiro atoms. The molecule has 0 atom stereocenters. The van der Waals surface area contributed by atoms with Crippen LogP contribution in [-0.4, -0.2) is 45.5 Å². The third-order valence-corrected chi connectivity index (χ3v) is 4.17. The minimum Gasteiger partial charge on any atom is -0.496 e. The summed E-state index contributed by atoms with van der Waals surface area (Å²) in [6.07, 6.45) is 1.52. The van der Waals surface area contributed by atoms with Crippen LogP contribution >= 0.6 is 0 Å². The molecule has 3 aromatic rings. The molecule has 0 unspecified atom stereocenters. The minimum atomic E-state index is -0.401. The number of amides is 1. The van der Waals surface area contributed by atoms with Crippen molar-refractivity contribution in [1.29, 1.82) is 0 Å². The maximum atomic E-state index is 12.5. The van der Waals surface area contributed by atoms with Crippen LogP contribution in [0.4, 0.5) is 0 Å². The Bertz CT molecular complexity index is 1030. The van der Waals surface area contributed by atoms with E-state index in [0.717, 1.165) is 10.9 Å². The van der Waals surface area contributed by atoms with Crippen molar-refractivity contribution < 1.29 is 23.7 Å². The number of hydrogen-bond donors (Lipinski definition) is 2. The fourth-order valence-corrected chi connectivity index (χ4v) is 2.86. The fraction of sp³-hybridized carbons (Fsp3) is 0.200. The number of hydrogen-bond acceptors (Lipinski definition) is 6. The van der Waals surface area contributed by atoms with Gasteiger partial charge in [0.15, 0.2) is 11.5 Å². The monoisotopic (exact) mass is 383 g/mol. The lowest BCUT2D eigenvalue weighted by atomic mass is 10.2. The molecule has 0 bridgehead atoms. The molecule has 1 heterocycles. The largest absolute Gasteiger partial charge is 0.496 e. The van der Waals surface area contributed by atoms with Gasteiger partial charge in [0.1, 0.15) is 11.4 Å². The molecule has 8 nitrogen and oxygen atoms in total. The van der Waals surface area contributed by atoms with Crippen molar-refractivity contribution in [3.63, 3.8) is 0 Å². The summed E-state index contributed by atoms with van der Waals surface area (Å²) in [5, 5.41) is 4.75. The molecule has 8 heteroatoms. The van der Waals surface area contributed by atoms with Crippen LogP contribution in [0.1, 0.15) is 16.1 Å². The first-order valence-corrected chi connectivity index (χ1v) is 8.41. The summed E-state index contributed by atoms with van der Waals surface area (Å²) in [6.45, 7) is 0. The zero-order chi connectivity index (χ0) is 20.1. The number of methoxy groups -OCH3 is 4. The number of para-hydroxylation sites is 1. The third kappa shape index (κ3) is 3.57. The molecule has 2 N–H and O–H groups in total. The van der Waals surface area contributed by atoms with Gasteiger partial charge in [-0.3, -0.25) is 4.79 Å². The Morgan fingerprint density at radius 1 is 0.964 bits per heavy atom. The van der Waals surface area contributed by atoms with Crippen molar-refractivity contribution >= 4 is 23.0 Å². The molecule has 0 aliphatic carbocycles. The maximum absolute atomic E-state index is 12.5. The second-order valence-electron chi connectivity index (χ2n) is 5.73. The van der Waals surface area contributed by atoms with Gasteiger partial charge in [-0.15, -0.1) is 0 Å². The van der Waals surface area contributed by atoms with Crippen LogP contribution in [0.2, 0.25) is 0 Å². The number of fused-ring (bicyclic) bond motifs is 1. The zero-order valence-corrected chi connectivity index (χ0v) is 16.0. The minimum absolute atomic E-state index is 0.320. The number of hydrazone groups is 1. The summed E-state index contributed by atoms with van der Waals surface area (Å²) in [7, 11) is 6.16. The number of carbonyl (C=O) groups is 1. The highest BCUT2D eigenvalue weighted by Gasteiger charge is 2.19. The fourth-order valence-electron chi connectivity index (χ4n) is 2.86. The van der Waals surface area contributed by atoms with Gasteiger partial charge in [-0.1, -0.05) is 12.1 Å². The number of nitrogens with one attached hydrogen (secondary N) is 2. The molecule has 0 aliphatic rings. The third-order valence-electron chi connectivity index (χ3n) is 4.17. The highest BCUT2D eigenvalue weighted by atomic mass is 16.5. The molecule has 0 saturated carbocycles. The Morgan fingerprint density at radius 3 is 2.36 bits per heavy atom. The van der Waals surface area contributed by atoms with E-state index in [4.69, 9.17) is 18.9 Å². The zero-order valence-electron chi connectivity index (χ0n) is 16.0. The van der Waals surface area contributed by atoms with E-state index in [9.17, 15) is 4.79 Å². The van der Waals surface area contributed by atoms with Gasteiger partial charge in [-0.25, -0.2) is 5.43 Å². The Labute approximate surface area is 162 Å². The molecule has 146 valence electrons. The predicted octanol–water partition coefficient (Wildman–Crippen LogP) is 2.97. The summed E-state index contributed by atoms with van der Waals surface area (Å²) in [5.41, 5.74) is 4.19. The van der Waals surface area contributed by atoms with Gasteiger partial charge in [0.05, 0.1) is 40.2 Å². The van der Waals surface area contributed by atoms with Crippen molar-refractivity contribution in [3.05, 3.63) is 47.7 Å². The molecular formula is C20H21N3O5. The molecule has 3 rings (SSSR count). The first-order chi connectivity index (χ1) is 13.6. The average Bonchev–Trinajstić information content (AvgIpc) is 3.16. The van der Waals surface area contributed by atoms with Gasteiger partial charge in [0.2, 0.25) is 5.75 Å². The van der Waals surface area contributed by atoms with E-state index in [1.165, 1.54) is 27.5 Å². The standard InChI is InChI=1S/C20H21N3O5/c1-25-15-8-6-5-7-12(15)11-21-23-20(24)14-9-13-10-16(26-2)18(27-3)19(28-4)17(13)22-14/h5-11,22H,1-4H3,(H,23,24)/b21-11+. The number of carbonyl (C=O) groups excluding carboxylic acids is 1. The van der Waals surface area contributed by atoms with Crippen molar-refractivity contribution in [1.82, 2.24) is 10.4 Å². The normalized spacial score (nSPS) is 10.9. The predicted molar refractivity (Wildman–Crippen MR) is 106 cm³/mol. The highest BCUT2D eigenvalue weighted by molar-refractivity contribution is 6.01. The lowest BCUT2D eigenvalue weighted by Gasteiger charge is -2.12. The summed E-state index contributed by atoms with van der Waals surface area (Å²) < 4.78 is 21.4. The summed E-state index contributed by atoms with van der Waals surface area (Å²) >= 11 is 0. The molecule has 1 aromatic heterocycles. The number of aromatic amines is 1. The molecule has 0 fully saturated rings. The SMILES string of the molecule is COc1ccccc1/C=N/NC(=O)c1cc2cc(OC)c(OC)c(OC)c2[nH]1. The Balaban J connectivity index is 1.87. The molecule has 0 radical (unpaired) electrons. The first-order valence-electron chi connectivity index (χ1n) is 8.41. The van der Waals surface area contributed by atoms with Crippen LogP contribution in [0.3, 0.4) is 0 Å². The number of aromatic nitrogens is 1. The number of rotatable bonds is 7. The highest BCUT2D eigenvalue weighted by Crippen LogP contribution is 2.43. The van der Waals surface area contributed by atoms with E-state index >= 15 is 0 Å². The van der Waals surface area contributed by atoms with Gasteiger partial charge < -0.3 is 23.9 Å². The number of benzene rings is 2. The molecule has 28 heavy (non-hydrogen) atoms. The second kappa shape index (κ2) is 8.34. The van der Waals surface area contributed by atoms with Crippen LogP contribution in [0, 0.1) is 0 Å². The van der Waals surface area contributed by atoms with E-state index in [2.05, 4.69) is 15.5 Å². The average molecular weight is 383 g/mol. The van der Waals surface area contributed by atoms with E-state index < -0.39 is 5.91 Å². The van der Waals surface area contributed by atoms with Crippen LogP contribution in [0.5, 0.6) is 23.0 Å². The lowest BCUT2D eigenvalue weighted by molar-refractivity contribution is 0.0951. The van der Waals surface area contributed by atoms with Crippen LogP contribution in [-0.2, 0) is 0 Å². The molecule has 0 aliphatic heterocycles. The second-order valence-corrected chi connectivity index (χ2v) is 5.73. The van der Waals surface area contributed by atoms with Crippen molar-refractivity contribution in [2.45, 2.75) is 0 Å². The first kappa shape index (κ1) is 19.1. The quantitative estimate of drug-likeness (QED) is 0.483. The van der Waals surface area contributed by atoms with Gasteiger partial charge in [-0.05, 0) is 24.3 Å². The van der Waals surface area contributed by atoms with Crippen molar-refractivity contribution in [2.75, 3.05) is 28.4 Å². The van der Waals surface area contributed by atoms with Crippen LogP contribution in [0.25, 0.3) is 10.9 Å². The van der Waals surface area contributed by atoms with Crippen LogP contribution in [0.15, 0.2) is 41.5 Å². The van der Waals surface area contributed by atoms with Gasteiger partial charge in [0.25, 0.3) is 5.91 Å². The Hall–Kier alpha value is -3.68. The van der Waals surface area contributed by atoms with Gasteiger partial charge in [0, 0.05) is 10.9 Å². The Morgan fingerprint density at radius 2 is 1.68 bits per heavy atom. The van der Waals surface area contributed by atoms with Crippen LogP contribution < -0.4 is 24.4 Å². The smallest absolute Gasteiger partial charge is 0.287 e. The number of H-pyrrole nitrogens is 1. The van der Waals surface area contributed by atoms with Crippen molar-refractivity contribution in [3.8, 4) is 23.0 Å². The summed E-state index contributed by atoms with van der Waals surface area (Å²) in [5.74, 6) is 1.67. The Kier molecular flexibility index (Phi) is 5.69. The molecular weight excluding hydrogens is 362 g/mol. The van der Waals surface area contributed by atoms with Gasteiger partial charge in [-0.2, -0.15) is 5.10 Å². The van der Waals surface area contributed by atoms with E-state index in [1.807, 2.05) is 24.3 Å². The number of nitrogens with zero attached hydrogens (tertiary/aromatic N) is 1. The van der Waals surface area contributed by atoms with Gasteiger partial charge >= 0.3 is 0 Å². The maximum Gasteiger partial charge on any atom is 0.287 e. The summed E-state index contributed by atoms with van der Waals surface area (Å²) in [6, 6.07) is 10.8. The van der Waals surface area contributed by atoms with E-state index in [-0.39, 0.29) is 0 Å². The molecule has 0 saturated heterocycles. The number of ether oxygens (including phenoxy) is 4. The topological polar surface area (TPSA) is 94.2 Å². The van der Waals surface area contributed by atoms with Crippen molar-refractivity contribution in [2.24, 2.45) is 5.10 Å².